The van der Waals surface area contributed by atoms with Crippen LogP contribution in [0.4, 0.5) is 10.1 Å². The molecule has 0 aliphatic carbocycles. The van der Waals surface area contributed by atoms with Crippen LogP contribution in [0.2, 0.25) is 0 Å². The Morgan fingerprint density at radius 3 is 2.50 bits per heavy atom. The quantitative estimate of drug-likeness (QED) is 0.875. The normalized spacial score (nSPS) is 12.2. The van der Waals surface area contributed by atoms with Crippen molar-refractivity contribution in [2.24, 2.45) is 5.73 Å². The molecular weight excluding hydrogens is 251 g/mol. The molecule has 2 N–H and O–H groups in total. The van der Waals surface area contributed by atoms with Crippen LogP contribution >= 0.6 is 0 Å². The highest BCUT2D eigenvalue weighted by Crippen LogP contribution is 2.16. The minimum atomic E-state index is -0.211. The molecule has 0 spiro atoms. The van der Waals surface area contributed by atoms with E-state index < -0.39 is 0 Å². The number of halogens is 1. The summed E-state index contributed by atoms with van der Waals surface area (Å²) in [6.45, 7) is 3.58. The fraction of sp³-hybridized carbons (Fsp3) is 0.294. The molecule has 0 radical (unpaired) electrons. The number of nitrogens with two attached hydrogens (primary N) is 1. The Balaban J connectivity index is 1.99. The number of hydrogen-bond donors (Lipinski definition) is 1. The summed E-state index contributed by atoms with van der Waals surface area (Å²) in [6.07, 6.45) is 0.826. The molecule has 2 nitrogen and oxygen atoms in total. The lowest BCUT2D eigenvalue weighted by molar-refractivity contribution is 0.618. The molecule has 0 amide bonds. The second-order valence-corrected chi connectivity index (χ2v) is 4.97. The Hall–Kier alpha value is -1.87. The van der Waals surface area contributed by atoms with Crippen LogP contribution in [0.25, 0.3) is 0 Å². The van der Waals surface area contributed by atoms with Crippen LogP contribution in [0.15, 0.2) is 54.6 Å². The Labute approximate surface area is 120 Å². The standard InChI is InChI=1S/C17H21FN2/c1-2-20(17-10-6-9-15(18)12-17)13-16(19)11-14-7-4-3-5-8-14/h3-10,12,16H,2,11,13,19H2,1H3. The summed E-state index contributed by atoms with van der Waals surface area (Å²) >= 11 is 0. The Morgan fingerprint density at radius 2 is 1.85 bits per heavy atom. The van der Waals surface area contributed by atoms with Gasteiger partial charge in [-0.05, 0) is 37.1 Å². The minimum Gasteiger partial charge on any atom is -0.370 e. The fourth-order valence-electron chi connectivity index (χ4n) is 2.35. The Kier molecular flexibility index (Phi) is 5.13. The first-order valence-corrected chi connectivity index (χ1v) is 6.99. The zero-order valence-electron chi connectivity index (χ0n) is 11.8. The molecule has 1 unspecified atom stereocenters. The molecule has 0 heterocycles. The summed E-state index contributed by atoms with van der Waals surface area (Å²) < 4.78 is 13.3. The average Bonchev–Trinajstić information content (AvgIpc) is 2.46. The van der Waals surface area contributed by atoms with Gasteiger partial charge in [0.05, 0.1) is 0 Å². The summed E-state index contributed by atoms with van der Waals surface area (Å²) in [7, 11) is 0. The van der Waals surface area contributed by atoms with E-state index in [4.69, 9.17) is 5.73 Å². The SMILES string of the molecule is CCN(CC(N)Cc1ccccc1)c1cccc(F)c1. The van der Waals surface area contributed by atoms with Gasteiger partial charge in [-0.3, -0.25) is 0 Å². The molecule has 1 atom stereocenters. The Morgan fingerprint density at radius 1 is 1.10 bits per heavy atom. The number of hydrogen-bond acceptors (Lipinski definition) is 2. The molecule has 0 saturated heterocycles. The maximum Gasteiger partial charge on any atom is 0.125 e. The third-order valence-electron chi connectivity index (χ3n) is 3.35. The smallest absolute Gasteiger partial charge is 0.125 e. The molecule has 0 saturated carbocycles. The van der Waals surface area contributed by atoms with Crippen LogP contribution in [0.1, 0.15) is 12.5 Å². The maximum atomic E-state index is 13.3. The van der Waals surface area contributed by atoms with Crippen molar-refractivity contribution in [1.82, 2.24) is 0 Å². The summed E-state index contributed by atoms with van der Waals surface area (Å²) in [5.41, 5.74) is 8.34. The van der Waals surface area contributed by atoms with Crippen LogP contribution < -0.4 is 10.6 Å². The van der Waals surface area contributed by atoms with E-state index in [9.17, 15) is 4.39 Å². The van der Waals surface area contributed by atoms with Gasteiger partial charge in [-0.15, -0.1) is 0 Å². The van der Waals surface area contributed by atoms with Crippen molar-refractivity contribution in [2.45, 2.75) is 19.4 Å². The largest absolute Gasteiger partial charge is 0.370 e. The van der Waals surface area contributed by atoms with Crippen molar-refractivity contribution >= 4 is 5.69 Å². The predicted octanol–water partition coefficient (Wildman–Crippen LogP) is 3.22. The van der Waals surface area contributed by atoms with E-state index in [1.165, 1.54) is 11.6 Å². The van der Waals surface area contributed by atoms with Gasteiger partial charge in [0, 0.05) is 24.8 Å². The second kappa shape index (κ2) is 7.06. The van der Waals surface area contributed by atoms with E-state index in [0.717, 1.165) is 25.2 Å². The van der Waals surface area contributed by atoms with E-state index in [2.05, 4.69) is 24.0 Å². The number of likely N-dealkylation sites (N-methyl/N-ethyl adjacent to an activating group) is 1. The molecular formula is C17H21FN2. The molecule has 2 aromatic rings. The highest BCUT2D eigenvalue weighted by Gasteiger charge is 2.11. The summed E-state index contributed by atoms with van der Waals surface area (Å²) in [6, 6.07) is 16.9. The van der Waals surface area contributed by atoms with Gasteiger partial charge in [0.1, 0.15) is 5.82 Å². The topological polar surface area (TPSA) is 29.3 Å². The molecule has 0 fully saturated rings. The van der Waals surface area contributed by atoms with Crippen molar-refractivity contribution < 1.29 is 4.39 Å². The third-order valence-corrected chi connectivity index (χ3v) is 3.35. The molecule has 0 aliphatic heterocycles. The van der Waals surface area contributed by atoms with Crippen molar-refractivity contribution in [3.63, 3.8) is 0 Å². The molecule has 20 heavy (non-hydrogen) atoms. The third kappa shape index (κ3) is 4.07. The molecule has 106 valence electrons. The van der Waals surface area contributed by atoms with Gasteiger partial charge >= 0.3 is 0 Å². The maximum absolute atomic E-state index is 13.3. The van der Waals surface area contributed by atoms with Gasteiger partial charge in [0.2, 0.25) is 0 Å². The van der Waals surface area contributed by atoms with Crippen LogP contribution in [0.5, 0.6) is 0 Å². The molecule has 2 aromatic carbocycles. The van der Waals surface area contributed by atoms with Crippen molar-refractivity contribution in [1.29, 1.82) is 0 Å². The second-order valence-electron chi connectivity index (χ2n) is 4.97. The van der Waals surface area contributed by atoms with Gasteiger partial charge in [-0.2, -0.15) is 0 Å². The van der Waals surface area contributed by atoms with Gasteiger partial charge in [-0.1, -0.05) is 36.4 Å². The molecule has 0 aliphatic rings. The van der Waals surface area contributed by atoms with Crippen LogP contribution in [0.3, 0.4) is 0 Å². The van der Waals surface area contributed by atoms with E-state index in [-0.39, 0.29) is 11.9 Å². The van der Waals surface area contributed by atoms with E-state index in [1.54, 1.807) is 12.1 Å². The van der Waals surface area contributed by atoms with Crippen molar-refractivity contribution in [2.75, 3.05) is 18.0 Å². The predicted molar refractivity (Wildman–Crippen MR) is 82.4 cm³/mol. The van der Waals surface area contributed by atoms with Crippen LogP contribution in [-0.4, -0.2) is 19.1 Å². The minimum absolute atomic E-state index is 0.0283. The monoisotopic (exact) mass is 272 g/mol. The molecule has 2 rings (SSSR count). The van der Waals surface area contributed by atoms with E-state index >= 15 is 0 Å². The average molecular weight is 272 g/mol. The Bertz CT molecular complexity index is 528. The van der Waals surface area contributed by atoms with Gasteiger partial charge < -0.3 is 10.6 Å². The first kappa shape index (κ1) is 14.5. The van der Waals surface area contributed by atoms with Gasteiger partial charge in [-0.25, -0.2) is 4.39 Å². The summed E-state index contributed by atoms with van der Waals surface area (Å²) in [4.78, 5) is 2.11. The summed E-state index contributed by atoms with van der Waals surface area (Å²) in [5.74, 6) is -0.211. The lowest BCUT2D eigenvalue weighted by atomic mass is 10.1. The number of anilines is 1. The first-order valence-electron chi connectivity index (χ1n) is 6.99. The molecule has 0 aromatic heterocycles. The number of nitrogens with zero attached hydrogens (tertiary/aromatic N) is 1. The number of benzene rings is 2. The van der Waals surface area contributed by atoms with Crippen LogP contribution in [-0.2, 0) is 6.42 Å². The van der Waals surface area contributed by atoms with Crippen molar-refractivity contribution in [3.05, 3.63) is 66.0 Å². The van der Waals surface area contributed by atoms with Gasteiger partial charge in [0.25, 0.3) is 0 Å². The van der Waals surface area contributed by atoms with Gasteiger partial charge in [0.15, 0.2) is 0 Å². The van der Waals surface area contributed by atoms with Crippen LogP contribution in [0, 0.1) is 5.82 Å². The summed E-state index contributed by atoms with van der Waals surface area (Å²) in [5, 5.41) is 0. The molecule has 0 bridgehead atoms. The highest BCUT2D eigenvalue weighted by atomic mass is 19.1. The highest BCUT2D eigenvalue weighted by molar-refractivity contribution is 5.46. The van der Waals surface area contributed by atoms with E-state index in [0.29, 0.717) is 0 Å². The van der Waals surface area contributed by atoms with E-state index in [1.807, 2.05) is 24.3 Å². The lowest BCUT2D eigenvalue weighted by Gasteiger charge is -2.26. The first-order chi connectivity index (χ1) is 9.69. The fourth-order valence-corrected chi connectivity index (χ4v) is 2.35. The zero-order valence-corrected chi connectivity index (χ0v) is 11.8. The zero-order chi connectivity index (χ0) is 14.4. The number of rotatable bonds is 6. The van der Waals surface area contributed by atoms with Crippen molar-refractivity contribution in [3.8, 4) is 0 Å². The molecule has 3 heteroatoms. The lowest BCUT2D eigenvalue weighted by Crippen LogP contribution is -2.39.